The fraction of sp³-hybridized carbons (Fsp3) is 0.278. The number of rotatable bonds is 3. The number of β-amino-alcohol motifs (C(OH)–C–C–N with tert-alkyl or cyclic N) is 1. The number of hydrogen-bond donors (Lipinski definition) is 3. The van der Waals surface area contributed by atoms with Gasteiger partial charge in [0, 0.05) is 18.7 Å². The van der Waals surface area contributed by atoms with Crippen LogP contribution in [0.5, 0.6) is 0 Å². The molecule has 3 N–H and O–H groups in total. The molecule has 2 aromatic carbocycles. The number of benzene rings is 2. The summed E-state index contributed by atoms with van der Waals surface area (Å²) in [5.74, 6) is -0.465. The smallest absolute Gasteiger partial charge is 0.251 e. The van der Waals surface area contributed by atoms with Crippen molar-refractivity contribution in [3.8, 4) is 11.1 Å². The van der Waals surface area contributed by atoms with Gasteiger partial charge in [-0.2, -0.15) is 0 Å². The molecule has 128 valence electrons. The zero-order chi connectivity index (χ0) is 16.4. The fourth-order valence-electron chi connectivity index (χ4n) is 2.79. The molecule has 0 radical (unpaired) electrons. The van der Waals surface area contributed by atoms with Crippen molar-refractivity contribution >= 4 is 18.3 Å². The number of aliphatic hydroxyl groups excluding tert-OH is 1. The molecular formula is C18H20ClFN2O2. The highest BCUT2D eigenvalue weighted by molar-refractivity contribution is 5.95. The zero-order valence-corrected chi connectivity index (χ0v) is 14.1. The summed E-state index contributed by atoms with van der Waals surface area (Å²) in [6, 6.07) is 11.7. The van der Waals surface area contributed by atoms with Crippen molar-refractivity contribution in [2.45, 2.75) is 19.1 Å². The second-order valence-corrected chi connectivity index (χ2v) is 5.80. The molecular weight excluding hydrogens is 331 g/mol. The van der Waals surface area contributed by atoms with E-state index in [1.165, 1.54) is 6.07 Å². The first kappa shape index (κ1) is 18.4. The number of amides is 1. The Balaban J connectivity index is 0.00000208. The predicted molar refractivity (Wildman–Crippen MR) is 94.0 cm³/mol. The summed E-state index contributed by atoms with van der Waals surface area (Å²) in [5.41, 5.74) is 2.78. The van der Waals surface area contributed by atoms with Gasteiger partial charge in [0.05, 0.1) is 12.1 Å². The first-order valence-electron chi connectivity index (χ1n) is 7.61. The fourth-order valence-corrected chi connectivity index (χ4v) is 2.79. The summed E-state index contributed by atoms with van der Waals surface area (Å²) in [4.78, 5) is 12.2. The van der Waals surface area contributed by atoms with Gasteiger partial charge in [0.2, 0.25) is 0 Å². The van der Waals surface area contributed by atoms with E-state index in [-0.39, 0.29) is 30.2 Å². The minimum absolute atomic E-state index is 0. The van der Waals surface area contributed by atoms with E-state index in [1.807, 2.05) is 6.07 Å². The summed E-state index contributed by atoms with van der Waals surface area (Å²) in [6.45, 7) is 2.79. The van der Waals surface area contributed by atoms with E-state index < -0.39 is 6.10 Å². The molecule has 0 unspecified atom stereocenters. The molecule has 0 aromatic heterocycles. The Kier molecular flexibility index (Phi) is 5.94. The van der Waals surface area contributed by atoms with Gasteiger partial charge in [-0.1, -0.05) is 24.3 Å². The van der Waals surface area contributed by atoms with E-state index in [1.54, 1.807) is 37.3 Å². The van der Waals surface area contributed by atoms with Gasteiger partial charge in [-0.05, 0) is 41.8 Å². The predicted octanol–water partition coefficient (Wildman–Crippen LogP) is 2.29. The molecule has 1 amide bonds. The maximum Gasteiger partial charge on any atom is 0.251 e. The average Bonchev–Trinajstić information content (AvgIpc) is 2.95. The minimum Gasteiger partial charge on any atom is -0.390 e. The normalized spacial score (nSPS) is 19.6. The Hall–Kier alpha value is -1.95. The van der Waals surface area contributed by atoms with Crippen LogP contribution in [0.2, 0.25) is 0 Å². The van der Waals surface area contributed by atoms with E-state index in [0.29, 0.717) is 24.2 Å². The Labute approximate surface area is 146 Å². The molecule has 1 saturated heterocycles. The van der Waals surface area contributed by atoms with Crippen molar-refractivity contribution in [3.63, 3.8) is 0 Å². The number of aliphatic hydroxyl groups is 1. The lowest BCUT2D eigenvalue weighted by Crippen LogP contribution is -2.42. The van der Waals surface area contributed by atoms with Crippen LogP contribution in [0.25, 0.3) is 11.1 Å². The standard InChI is InChI=1S/C18H19FN2O2.ClH/c1-11-14(3-2-4-15(11)19)12-5-7-13(8-6-12)18(23)21-16-9-20-10-17(16)22;/h2-8,16-17,20,22H,9-10H2,1H3,(H,21,23);1H/t16-,17-;/m1./s1. The summed E-state index contributed by atoms with van der Waals surface area (Å²) >= 11 is 0. The summed E-state index contributed by atoms with van der Waals surface area (Å²) < 4.78 is 13.6. The Morgan fingerprint density at radius 2 is 1.92 bits per heavy atom. The van der Waals surface area contributed by atoms with Crippen LogP contribution in [0.15, 0.2) is 42.5 Å². The highest BCUT2D eigenvalue weighted by Gasteiger charge is 2.26. The number of hydrogen-bond acceptors (Lipinski definition) is 3. The van der Waals surface area contributed by atoms with Crippen LogP contribution in [0.3, 0.4) is 0 Å². The first-order chi connectivity index (χ1) is 11.1. The monoisotopic (exact) mass is 350 g/mol. The maximum atomic E-state index is 13.6. The minimum atomic E-state index is -0.562. The number of carbonyl (C=O) groups is 1. The van der Waals surface area contributed by atoms with Crippen LogP contribution in [0.1, 0.15) is 15.9 Å². The average molecular weight is 351 g/mol. The van der Waals surface area contributed by atoms with E-state index in [4.69, 9.17) is 0 Å². The summed E-state index contributed by atoms with van der Waals surface area (Å²) in [6.07, 6.45) is -0.562. The van der Waals surface area contributed by atoms with Crippen LogP contribution >= 0.6 is 12.4 Å². The van der Waals surface area contributed by atoms with Crippen LogP contribution < -0.4 is 10.6 Å². The van der Waals surface area contributed by atoms with Crippen molar-refractivity contribution in [1.82, 2.24) is 10.6 Å². The SMILES string of the molecule is Cc1c(F)cccc1-c1ccc(C(=O)N[C@@H]2CNC[C@H]2O)cc1.Cl. The van der Waals surface area contributed by atoms with E-state index in [9.17, 15) is 14.3 Å². The second kappa shape index (κ2) is 7.75. The van der Waals surface area contributed by atoms with Gasteiger partial charge in [0.25, 0.3) is 5.91 Å². The molecule has 1 aliphatic heterocycles. The van der Waals surface area contributed by atoms with Crippen molar-refractivity contribution in [2.75, 3.05) is 13.1 Å². The van der Waals surface area contributed by atoms with Gasteiger partial charge < -0.3 is 15.7 Å². The zero-order valence-electron chi connectivity index (χ0n) is 13.3. The maximum absolute atomic E-state index is 13.6. The van der Waals surface area contributed by atoms with Crippen LogP contribution in [-0.4, -0.2) is 36.2 Å². The van der Waals surface area contributed by atoms with Crippen molar-refractivity contribution < 1.29 is 14.3 Å². The van der Waals surface area contributed by atoms with Gasteiger partial charge in [0.15, 0.2) is 0 Å². The van der Waals surface area contributed by atoms with Crippen molar-refractivity contribution in [1.29, 1.82) is 0 Å². The third kappa shape index (κ3) is 3.75. The molecule has 0 bridgehead atoms. The van der Waals surface area contributed by atoms with Gasteiger partial charge in [-0.15, -0.1) is 12.4 Å². The molecule has 0 saturated carbocycles. The van der Waals surface area contributed by atoms with Crippen molar-refractivity contribution in [3.05, 3.63) is 59.4 Å². The topological polar surface area (TPSA) is 61.4 Å². The van der Waals surface area contributed by atoms with E-state index >= 15 is 0 Å². The van der Waals surface area contributed by atoms with Crippen LogP contribution in [0.4, 0.5) is 4.39 Å². The van der Waals surface area contributed by atoms with Gasteiger partial charge in [0.1, 0.15) is 5.82 Å². The quantitative estimate of drug-likeness (QED) is 0.796. The molecule has 2 aromatic rings. The number of nitrogens with one attached hydrogen (secondary N) is 2. The molecule has 0 spiro atoms. The Bertz CT molecular complexity index is 721. The van der Waals surface area contributed by atoms with Gasteiger partial charge in [-0.25, -0.2) is 4.39 Å². The van der Waals surface area contributed by atoms with Crippen LogP contribution in [-0.2, 0) is 0 Å². The largest absolute Gasteiger partial charge is 0.390 e. The van der Waals surface area contributed by atoms with E-state index in [0.717, 1.165) is 11.1 Å². The summed E-state index contributed by atoms with van der Waals surface area (Å²) in [7, 11) is 0. The summed E-state index contributed by atoms with van der Waals surface area (Å²) in [5, 5.41) is 15.6. The van der Waals surface area contributed by atoms with E-state index in [2.05, 4.69) is 10.6 Å². The lowest BCUT2D eigenvalue weighted by Gasteiger charge is -2.15. The van der Waals surface area contributed by atoms with Gasteiger partial charge >= 0.3 is 0 Å². The van der Waals surface area contributed by atoms with Crippen molar-refractivity contribution in [2.24, 2.45) is 0 Å². The Morgan fingerprint density at radius 3 is 2.54 bits per heavy atom. The molecule has 4 nitrogen and oxygen atoms in total. The molecule has 6 heteroatoms. The third-order valence-electron chi connectivity index (χ3n) is 4.22. The highest BCUT2D eigenvalue weighted by Crippen LogP contribution is 2.25. The molecule has 1 heterocycles. The molecule has 24 heavy (non-hydrogen) atoms. The molecule has 1 fully saturated rings. The third-order valence-corrected chi connectivity index (χ3v) is 4.22. The van der Waals surface area contributed by atoms with Gasteiger partial charge in [-0.3, -0.25) is 4.79 Å². The molecule has 0 aliphatic carbocycles. The molecule has 3 rings (SSSR count). The highest BCUT2D eigenvalue weighted by atomic mass is 35.5. The Morgan fingerprint density at radius 1 is 1.21 bits per heavy atom. The van der Waals surface area contributed by atoms with Crippen LogP contribution in [0, 0.1) is 12.7 Å². The number of halogens is 2. The lowest BCUT2D eigenvalue weighted by molar-refractivity contribution is 0.0888. The lowest BCUT2D eigenvalue weighted by atomic mass is 9.99. The molecule has 1 aliphatic rings. The number of carbonyl (C=O) groups excluding carboxylic acids is 1. The first-order valence-corrected chi connectivity index (χ1v) is 7.61. The second-order valence-electron chi connectivity index (χ2n) is 5.80. The molecule has 2 atom stereocenters.